The van der Waals surface area contributed by atoms with Crippen molar-refractivity contribution in [3.63, 3.8) is 0 Å². The molecule has 2 unspecified atom stereocenters. The summed E-state index contributed by atoms with van der Waals surface area (Å²) in [5, 5.41) is 10.5. The van der Waals surface area contributed by atoms with Crippen molar-refractivity contribution in [3.05, 3.63) is 58.7 Å². The average Bonchev–Trinajstić information content (AvgIpc) is 3.58. The van der Waals surface area contributed by atoms with E-state index in [4.69, 9.17) is 0 Å². The highest BCUT2D eigenvalue weighted by atomic mass is 16.2. The summed E-state index contributed by atoms with van der Waals surface area (Å²) in [5.74, 6) is -3.60. The first-order valence-corrected chi connectivity index (χ1v) is 16.2. The van der Waals surface area contributed by atoms with Crippen LogP contribution < -0.4 is 21.3 Å². The highest BCUT2D eigenvalue weighted by molar-refractivity contribution is 6.10. The Kier molecular flexibility index (Phi) is 8.01. The molecule has 14 nitrogen and oxygen atoms in total. The van der Waals surface area contributed by atoms with Crippen molar-refractivity contribution < 1.29 is 38.4 Å². The third-order valence-electron chi connectivity index (χ3n) is 10.1. The van der Waals surface area contributed by atoms with Crippen LogP contribution in [0.4, 0.5) is 11.4 Å². The summed E-state index contributed by atoms with van der Waals surface area (Å²) in [6.07, 6.45) is 2.65. The highest BCUT2D eigenvalue weighted by Crippen LogP contribution is 2.36. The number of hydrogen-bond acceptors (Lipinski definition) is 8. The molecule has 0 spiro atoms. The lowest BCUT2D eigenvalue weighted by Crippen LogP contribution is -2.52. The Hall–Kier alpha value is -5.40. The largest absolute Gasteiger partial charge is 0.326 e. The van der Waals surface area contributed by atoms with Gasteiger partial charge in [-0.1, -0.05) is 18.2 Å². The minimum atomic E-state index is -0.757. The van der Waals surface area contributed by atoms with Crippen LogP contribution >= 0.6 is 0 Å². The van der Waals surface area contributed by atoms with Gasteiger partial charge in [-0.05, 0) is 62.3 Å². The van der Waals surface area contributed by atoms with Crippen LogP contribution in [0.1, 0.15) is 83.2 Å². The van der Waals surface area contributed by atoms with Crippen LogP contribution in [-0.4, -0.2) is 69.1 Å². The fraction of sp³-hybridized carbons (Fsp3) is 0.412. The van der Waals surface area contributed by atoms with E-state index in [-0.39, 0.29) is 86.1 Å². The Morgan fingerprint density at radius 3 is 1.73 bits per heavy atom. The van der Waals surface area contributed by atoms with Gasteiger partial charge in [-0.2, -0.15) is 0 Å². The Labute approximate surface area is 274 Å². The summed E-state index contributed by atoms with van der Waals surface area (Å²) in [5.41, 5.74) is 2.93. The first-order valence-electron chi connectivity index (χ1n) is 16.2. The summed E-state index contributed by atoms with van der Waals surface area (Å²) in [6.45, 7) is 0.346. The standard InChI is InChI=1S/C34H34N6O8/c41-26-13-11-24(31(45)37-26)39-15-19-3-1-6-23(28(19)34(39)48)36-30(44)18-9-7-17(8-10-18)29(43)35-22-5-2-4-20-21(22)16-40(33(20)47)25-12-14-27(42)38-32(25)46/h1-6,17-18,24-25H,7-16H2,(H,35,43)(H,36,44)(H,37,41,45)(H,38,42,46). The number of nitrogens with zero attached hydrogens (tertiary/aromatic N) is 2. The topological polar surface area (TPSA) is 191 Å². The van der Waals surface area contributed by atoms with Gasteiger partial charge in [0.05, 0.1) is 11.3 Å². The van der Waals surface area contributed by atoms with Gasteiger partial charge >= 0.3 is 0 Å². The summed E-state index contributed by atoms with van der Waals surface area (Å²) in [7, 11) is 0. The Morgan fingerprint density at radius 1 is 0.625 bits per heavy atom. The summed E-state index contributed by atoms with van der Waals surface area (Å²) in [4.78, 5) is 104. The van der Waals surface area contributed by atoms with Gasteiger partial charge in [0.2, 0.25) is 35.4 Å². The van der Waals surface area contributed by atoms with Crippen LogP contribution in [0.2, 0.25) is 0 Å². The van der Waals surface area contributed by atoms with E-state index in [1.807, 2.05) is 0 Å². The van der Waals surface area contributed by atoms with Gasteiger partial charge in [0.1, 0.15) is 12.1 Å². The lowest BCUT2D eigenvalue weighted by atomic mass is 9.81. The maximum absolute atomic E-state index is 13.4. The molecule has 1 aliphatic carbocycles. The van der Waals surface area contributed by atoms with E-state index in [1.165, 1.54) is 9.80 Å². The zero-order chi connectivity index (χ0) is 33.7. The van der Waals surface area contributed by atoms with Crippen LogP contribution in [0.15, 0.2) is 36.4 Å². The Balaban J connectivity index is 0.954. The van der Waals surface area contributed by atoms with Crippen molar-refractivity contribution in [1.29, 1.82) is 0 Å². The number of nitrogens with one attached hydrogen (secondary N) is 4. The molecule has 4 heterocycles. The lowest BCUT2D eigenvalue weighted by Gasteiger charge is -2.29. The molecule has 0 aromatic heterocycles. The van der Waals surface area contributed by atoms with Crippen LogP contribution in [0.5, 0.6) is 0 Å². The fourth-order valence-electron chi connectivity index (χ4n) is 7.51. The van der Waals surface area contributed by atoms with Gasteiger partial charge in [-0.3, -0.25) is 49.0 Å². The number of hydrogen-bond donors (Lipinski definition) is 4. The number of amides is 8. The fourth-order valence-corrected chi connectivity index (χ4v) is 7.51. The zero-order valence-electron chi connectivity index (χ0n) is 26.0. The molecule has 7 rings (SSSR count). The predicted octanol–water partition coefficient (Wildman–Crippen LogP) is 1.59. The third kappa shape index (κ3) is 5.60. The maximum Gasteiger partial charge on any atom is 0.257 e. The van der Waals surface area contributed by atoms with E-state index < -0.39 is 23.9 Å². The van der Waals surface area contributed by atoms with Gasteiger partial charge in [0.15, 0.2) is 0 Å². The van der Waals surface area contributed by atoms with Crippen molar-refractivity contribution in [1.82, 2.24) is 20.4 Å². The Morgan fingerprint density at radius 2 is 1.15 bits per heavy atom. The summed E-state index contributed by atoms with van der Waals surface area (Å²) in [6, 6.07) is 8.73. The molecule has 2 aromatic carbocycles. The molecule has 2 aromatic rings. The predicted molar refractivity (Wildman–Crippen MR) is 168 cm³/mol. The normalized spacial score (nSPS) is 25.3. The molecular weight excluding hydrogens is 620 g/mol. The van der Waals surface area contributed by atoms with E-state index >= 15 is 0 Å². The van der Waals surface area contributed by atoms with Gasteiger partial charge in [0, 0.05) is 54.6 Å². The van der Waals surface area contributed by atoms with Crippen LogP contribution in [0, 0.1) is 11.8 Å². The third-order valence-corrected chi connectivity index (χ3v) is 10.1. The zero-order valence-corrected chi connectivity index (χ0v) is 26.0. The molecule has 2 atom stereocenters. The molecule has 8 amide bonds. The van der Waals surface area contributed by atoms with Crippen molar-refractivity contribution in [2.24, 2.45) is 11.8 Å². The number of fused-ring (bicyclic) bond motifs is 2. The molecule has 0 bridgehead atoms. The van der Waals surface area contributed by atoms with E-state index in [1.54, 1.807) is 36.4 Å². The lowest BCUT2D eigenvalue weighted by molar-refractivity contribution is -0.138. The summed E-state index contributed by atoms with van der Waals surface area (Å²) >= 11 is 0. The smallest absolute Gasteiger partial charge is 0.257 e. The van der Waals surface area contributed by atoms with Gasteiger partial charge < -0.3 is 20.4 Å². The number of anilines is 2. The van der Waals surface area contributed by atoms with Crippen molar-refractivity contribution in [2.45, 2.75) is 76.5 Å². The second-order valence-corrected chi connectivity index (χ2v) is 13.0. The second kappa shape index (κ2) is 12.3. The molecule has 2 saturated heterocycles. The SMILES string of the molecule is O=C1CCC(N2Cc3c(NC(=O)C4CCC(C(=O)Nc5cccc6c5C(=O)N(C5CCC(=O)NC5=O)C6)CC4)cccc3C2=O)C(=O)N1. The van der Waals surface area contributed by atoms with E-state index in [0.29, 0.717) is 59.3 Å². The number of carbonyl (C=O) groups excluding carboxylic acids is 8. The van der Waals surface area contributed by atoms with Crippen molar-refractivity contribution >= 4 is 58.6 Å². The van der Waals surface area contributed by atoms with E-state index in [9.17, 15) is 38.4 Å². The molecule has 0 radical (unpaired) electrons. The summed E-state index contributed by atoms with van der Waals surface area (Å²) < 4.78 is 0. The monoisotopic (exact) mass is 654 g/mol. The number of rotatable bonds is 6. The van der Waals surface area contributed by atoms with Crippen molar-refractivity contribution in [3.8, 4) is 0 Å². The minimum Gasteiger partial charge on any atom is -0.326 e. The van der Waals surface area contributed by atoms with Crippen molar-refractivity contribution in [2.75, 3.05) is 10.6 Å². The van der Waals surface area contributed by atoms with Crippen LogP contribution in [-0.2, 0) is 41.9 Å². The number of piperidine rings is 2. The molecule has 4 aliphatic heterocycles. The van der Waals surface area contributed by atoms with Crippen LogP contribution in [0.25, 0.3) is 0 Å². The molecule has 1 saturated carbocycles. The van der Waals surface area contributed by atoms with E-state index in [2.05, 4.69) is 21.3 Å². The number of carbonyl (C=O) groups is 8. The molecular formula is C34H34N6O8. The molecule has 5 aliphatic rings. The molecule has 14 heteroatoms. The number of imide groups is 2. The first-order chi connectivity index (χ1) is 23.1. The number of benzene rings is 2. The van der Waals surface area contributed by atoms with Gasteiger partial charge in [-0.25, -0.2) is 0 Å². The maximum atomic E-state index is 13.4. The average molecular weight is 655 g/mol. The molecule has 48 heavy (non-hydrogen) atoms. The van der Waals surface area contributed by atoms with Gasteiger partial charge in [-0.15, -0.1) is 0 Å². The quantitative estimate of drug-likeness (QED) is 0.338. The van der Waals surface area contributed by atoms with Gasteiger partial charge in [0.25, 0.3) is 11.8 Å². The molecule has 3 fully saturated rings. The molecule has 248 valence electrons. The van der Waals surface area contributed by atoms with E-state index in [0.717, 1.165) is 0 Å². The second-order valence-electron chi connectivity index (χ2n) is 13.0. The minimum absolute atomic E-state index is 0.140. The first kappa shape index (κ1) is 31.2. The highest BCUT2D eigenvalue weighted by Gasteiger charge is 2.42. The van der Waals surface area contributed by atoms with Crippen LogP contribution in [0.3, 0.4) is 0 Å². The Bertz CT molecular complexity index is 1800. The molecule has 4 N–H and O–H groups in total.